The molecule has 0 radical (unpaired) electrons. The second-order valence-electron chi connectivity index (χ2n) is 7.09. The van der Waals surface area contributed by atoms with E-state index < -0.39 is 10.0 Å². The van der Waals surface area contributed by atoms with Crippen LogP contribution in [0.5, 0.6) is 0 Å². The Morgan fingerprint density at radius 2 is 2.04 bits per heavy atom. The Morgan fingerprint density at radius 1 is 1.25 bits per heavy atom. The van der Waals surface area contributed by atoms with Crippen molar-refractivity contribution in [1.82, 2.24) is 9.71 Å². The van der Waals surface area contributed by atoms with E-state index in [4.69, 9.17) is 0 Å². The number of nitrogens with one attached hydrogen (secondary N) is 1. The molecule has 8 heteroatoms. The lowest BCUT2D eigenvalue weighted by Crippen LogP contribution is -2.30. The number of hydrogen-bond acceptors (Lipinski definition) is 6. The first kappa shape index (κ1) is 21.4. The van der Waals surface area contributed by atoms with Gasteiger partial charge in [0.15, 0.2) is 0 Å². The van der Waals surface area contributed by atoms with Gasteiger partial charge in [0, 0.05) is 47.1 Å². The number of likely N-dealkylation sites (N-methyl/N-ethyl adjacent to an activating group) is 1. The lowest BCUT2D eigenvalue weighted by Gasteiger charge is -2.22. The zero-order valence-electron chi connectivity index (χ0n) is 16.8. The van der Waals surface area contributed by atoms with E-state index in [9.17, 15) is 8.42 Å². The number of sulfonamides is 1. The molecule has 28 heavy (non-hydrogen) atoms. The molecule has 3 rings (SSSR count). The third-order valence-corrected chi connectivity index (χ3v) is 8.14. The molecule has 0 saturated carbocycles. The summed E-state index contributed by atoms with van der Waals surface area (Å²) in [7, 11) is -1.73. The first-order chi connectivity index (χ1) is 13.3. The van der Waals surface area contributed by atoms with Crippen molar-refractivity contribution in [1.29, 1.82) is 0 Å². The molecule has 0 bridgehead atoms. The number of rotatable bonds is 8. The summed E-state index contributed by atoms with van der Waals surface area (Å²) in [6.07, 6.45) is 2.90. The van der Waals surface area contributed by atoms with Gasteiger partial charge < -0.3 is 4.90 Å². The molecule has 2 aromatic heterocycles. The first-order valence-electron chi connectivity index (χ1n) is 9.26. The van der Waals surface area contributed by atoms with Crippen LogP contribution in [0.15, 0.2) is 34.7 Å². The normalized spacial score (nSPS) is 14.4. The zero-order valence-corrected chi connectivity index (χ0v) is 19.2. The van der Waals surface area contributed by atoms with E-state index in [-0.39, 0.29) is 4.90 Å². The first-order valence-corrected chi connectivity index (χ1v) is 12.7. The Balaban J connectivity index is 1.75. The predicted octanol–water partition coefficient (Wildman–Crippen LogP) is 3.70. The molecule has 5 nitrogen and oxygen atoms in total. The summed E-state index contributed by atoms with van der Waals surface area (Å²) in [6.45, 7) is 7.10. The van der Waals surface area contributed by atoms with Gasteiger partial charge in [0.05, 0.1) is 0 Å². The monoisotopic (exact) mass is 437 g/mol. The summed E-state index contributed by atoms with van der Waals surface area (Å²) < 4.78 is 28.7. The highest BCUT2D eigenvalue weighted by atomic mass is 32.2. The van der Waals surface area contributed by atoms with E-state index in [1.165, 1.54) is 20.9 Å². The Labute approximate surface area is 176 Å². The Kier molecular flexibility index (Phi) is 6.85. The number of thioether (sulfide) groups is 1. The van der Waals surface area contributed by atoms with Crippen molar-refractivity contribution < 1.29 is 8.42 Å². The molecule has 1 N–H and O–H groups in total. The number of pyridine rings is 1. The van der Waals surface area contributed by atoms with Gasteiger partial charge in [0.2, 0.25) is 10.0 Å². The standard InChI is InChI=1S/C20H27N3O2S3/c1-14-5-6-19(20(22-14)23(4)12-17-8-10-26-13-17)28(24,25)21-9-7-18-11-15(2)27-16(18)3/h5-6,8,11,21H,7,9-10,12-13H2,1-4H3. The van der Waals surface area contributed by atoms with Crippen LogP contribution in [0, 0.1) is 20.8 Å². The number of aryl methyl sites for hydroxylation is 3. The number of aromatic nitrogens is 1. The van der Waals surface area contributed by atoms with Crippen LogP contribution in [0.1, 0.15) is 21.0 Å². The van der Waals surface area contributed by atoms with Crippen LogP contribution in [0.3, 0.4) is 0 Å². The van der Waals surface area contributed by atoms with Crippen LogP contribution < -0.4 is 9.62 Å². The summed E-state index contributed by atoms with van der Waals surface area (Å²) in [5.41, 5.74) is 3.32. The minimum absolute atomic E-state index is 0.241. The van der Waals surface area contributed by atoms with Gasteiger partial charge in [-0.25, -0.2) is 18.1 Å². The lowest BCUT2D eigenvalue weighted by molar-refractivity contribution is 0.581. The van der Waals surface area contributed by atoms with E-state index in [1.54, 1.807) is 23.5 Å². The Bertz CT molecular complexity index is 981. The van der Waals surface area contributed by atoms with Gasteiger partial charge in [-0.2, -0.15) is 11.8 Å². The topological polar surface area (TPSA) is 62.3 Å². The number of hydrogen-bond donors (Lipinski definition) is 1. The van der Waals surface area contributed by atoms with Gasteiger partial charge >= 0.3 is 0 Å². The minimum atomic E-state index is -3.64. The molecule has 152 valence electrons. The summed E-state index contributed by atoms with van der Waals surface area (Å²) in [5.74, 6) is 2.53. The van der Waals surface area contributed by atoms with Crippen molar-refractivity contribution in [3.63, 3.8) is 0 Å². The molecule has 2 aromatic rings. The van der Waals surface area contributed by atoms with Crippen LogP contribution >= 0.6 is 23.1 Å². The third-order valence-electron chi connectivity index (χ3n) is 4.68. The lowest BCUT2D eigenvalue weighted by atomic mass is 10.2. The molecule has 0 unspecified atom stereocenters. The van der Waals surface area contributed by atoms with Crippen LogP contribution in [0.4, 0.5) is 5.82 Å². The van der Waals surface area contributed by atoms with Crippen LogP contribution in [0.25, 0.3) is 0 Å². The second kappa shape index (κ2) is 8.98. The zero-order chi connectivity index (χ0) is 20.3. The smallest absolute Gasteiger partial charge is 0.244 e. The van der Waals surface area contributed by atoms with Gasteiger partial charge in [-0.15, -0.1) is 11.3 Å². The molecular weight excluding hydrogens is 410 g/mol. The molecule has 0 aliphatic carbocycles. The Morgan fingerprint density at radius 3 is 2.68 bits per heavy atom. The van der Waals surface area contributed by atoms with Crippen LogP contribution in [0.2, 0.25) is 0 Å². The second-order valence-corrected chi connectivity index (χ2v) is 11.3. The summed E-state index contributed by atoms with van der Waals surface area (Å²) in [4.78, 5) is 9.21. The number of thiophene rings is 1. The largest absolute Gasteiger partial charge is 0.355 e. The van der Waals surface area contributed by atoms with Crippen molar-refractivity contribution in [2.45, 2.75) is 32.1 Å². The average molecular weight is 438 g/mol. The average Bonchev–Trinajstić information content (AvgIpc) is 3.24. The highest BCUT2D eigenvalue weighted by molar-refractivity contribution is 7.99. The van der Waals surface area contributed by atoms with Gasteiger partial charge in [0.1, 0.15) is 10.7 Å². The summed E-state index contributed by atoms with van der Waals surface area (Å²) in [6, 6.07) is 5.55. The molecule has 0 atom stereocenters. The minimum Gasteiger partial charge on any atom is -0.355 e. The van der Waals surface area contributed by atoms with Gasteiger partial charge in [-0.1, -0.05) is 6.08 Å². The van der Waals surface area contributed by atoms with E-state index in [1.807, 2.05) is 30.6 Å². The molecule has 0 fully saturated rings. The Hall–Kier alpha value is -1.35. The van der Waals surface area contributed by atoms with Crippen molar-refractivity contribution in [3.05, 3.63) is 50.9 Å². The summed E-state index contributed by atoms with van der Waals surface area (Å²) in [5, 5.41) is 0. The van der Waals surface area contributed by atoms with Crippen molar-refractivity contribution in [2.75, 3.05) is 36.5 Å². The third kappa shape index (κ3) is 5.17. The molecule has 0 amide bonds. The maximum absolute atomic E-state index is 13.0. The molecule has 0 saturated heterocycles. The highest BCUT2D eigenvalue weighted by Gasteiger charge is 2.23. The van der Waals surface area contributed by atoms with E-state index in [0.29, 0.717) is 25.3 Å². The predicted molar refractivity (Wildman–Crippen MR) is 120 cm³/mol. The number of nitrogens with zero attached hydrogens (tertiary/aromatic N) is 2. The van der Waals surface area contributed by atoms with Crippen molar-refractivity contribution >= 4 is 38.9 Å². The fourth-order valence-corrected chi connectivity index (χ4v) is 6.39. The molecule has 3 heterocycles. The maximum atomic E-state index is 13.0. The quantitative estimate of drug-likeness (QED) is 0.638. The molecule has 0 aromatic carbocycles. The fourth-order valence-electron chi connectivity index (χ4n) is 3.26. The van der Waals surface area contributed by atoms with E-state index >= 15 is 0 Å². The van der Waals surface area contributed by atoms with E-state index in [2.05, 4.69) is 35.7 Å². The molecule has 0 spiro atoms. The van der Waals surface area contributed by atoms with Crippen LogP contribution in [-0.2, 0) is 16.4 Å². The highest BCUT2D eigenvalue weighted by Crippen LogP contribution is 2.26. The fraction of sp³-hybridized carbons (Fsp3) is 0.450. The number of anilines is 1. The van der Waals surface area contributed by atoms with E-state index in [0.717, 1.165) is 17.2 Å². The maximum Gasteiger partial charge on any atom is 0.244 e. The van der Waals surface area contributed by atoms with Gasteiger partial charge in [0.25, 0.3) is 0 Å². The molecule has 1 aliphatic heterocycles. The van der Waals surface area contributed by atoms with Crippen molar-refractivity contribution in [3.8, 4) is 0 Å². The SMILES string of the molecule is Cc1ccc(S(=O)(=O)NCCc2cc(C)sc2C)c(N(C)CC2=CCSC2)n1. The van der Waals surface area contributed by atoms with Crippen molar-refractivity contribution in [2.24, 2.45) is 0 Å². The summed E-state index contributed by atoms with van der Waals surface area (Å²) >= 11 is 3.62. The van der Waals surface area contributed by atoms with Gasteiger partial charge in [-0.05, 0) is 56.5 Å². The molecule has 1 aliphatic rings. The van der Waals surface area contributed by atoms with Gasteiger partial charge in [-0.3, -0.25) is 0 Å². The van der Waals surface area contributed by atoms with Crippen LogP contribution in [-0.4, -0.2) is 45.0 Å². The molecular formula is C20H27N3O2S3.